The average Bonchev–Trinajstić information content (AvgIpc) is 2.59. The lowest BCUT2D eigenvalue weighted by molar-refractivity contribution is -0.120. The summed E-state index contributed by atoms with van der Waals surface area (Å²) in [6, 6.07) is 20.9. The van der Waals surface area contributed by atoms with Gasteiger partial charge < -0.3 is 5.32 Å². The molecule has 0 saturated heterocycles. The highest BCUT2D eigenvalue weighted by atomic mass is 32.2. The number of amides is 1. The van der Waals surface area contributed by atoms with Crippen LogP contribution in [0, 0.1) is 0 Å². The molecule has 3 heteroatoms. The molecule has 1 amide bonds. The number of nitrogens with one attached hydrogen (secondary N) is 1. The van der Waals surface area contributed by atoms with Crippen molar-refractivity contribution in [2.75, 3.05) is 0 Å². The summed E-state index contributed by atoms with van der Waals surface area (Å²) in [6.45, 7) is 4.06. The van der Waals surface area contributed by atoms with E-state index in [2.05, 4.69) is 48.6 Å². The van der Waals surface area contributed by atoms with E-state index in [9.17, 15) is 4.79 Å². The SMILES string of the molecule is C[C@@H](CCc1ccccc1)NC(=O)[C@@H](C)SCc1ccccc1. The molecule has 0 aliphatic carbocycles. The van der Waals surface area contributed by atoms with E-state index in [1.54, 1.807) is 11.8 Å². The summed E-state index contributed by atoms with van der Waals surface area (Å²) >= 11 is 1.68. The molecule has 2 nitrogen and oxygen atoms in total. The molecule has 23 heavy (non-hydrogen) atoms. The number of carbonyl (C=O) groups is 1. The van der Waals surface area contributed by atoms with Gasteiger partial charge in [-0.2, -0.15) is 0 Å². The minimum Gasteiger partial charge on any atom is -0.353 e. The first-order chi connectivity index (χ1) is 11.1. The van der Waals surface area contributed by atoms with Crippen molar-refractivity contribution >= 4 is 17.7 Å². The zero-order valence-electron chi connectivity index (χ0n) is 13.9. The van der Waals surface area contributed by atoms with Crippen LogP contribution in [0.4, 0.5) is 0 Å². The minimum atomic E-state index is -0.0330. The van der Waals surface area contributed by atoms with E-state index >= 15 is 0 Å². The molecule has 0 radical (unpaired) electrons. The highest BCUT2D eigenvalue weighted by molar-refractivity contribution is 7.99. The number of rotatable bonds is 8. The Hall–Kier alpha value is -1.74. The minimum absolute atomic E-state index is 0.0330. The summed E-state index contributed by atoms with van der Waals surface area (Å²) < 4.78 is 0. The van der Waals surface area contributed by atoms with Crippen molar-refractivity contribution in [3.05, 3.63) is 71.8 Å². The van der Waals surface area contributed by atoms with Gasteiger partial charge in [0.05, 0.1) is 5.25 Å². The van der Waals surface area contributed by atoms with Crippen molar-refractivity contribution < 1.29 is 4.79 Å². The fourth-order valence-corrected chi connectivity index (χ4v) is 3.19. The van der Waals surface area contributed by atoms with Crippen molar-refractivity contribution in [1.82, 2.24) is 5.32 Å². The Morgan fingerprint density at radius 2 is 1.52 bits per heavy atom. The Labute approximate surface area is 143 Å². The van der Waals surface area contributed by atoms with Crippen LogP contribution in [0.5, 0.6) is 0 Å². The maximum Gasteiger partial charge on any atom is 0.233 e. The van der Waals surface area contributed by atoms with Crippen LogP contribution >= 0.6 is 11.8 Å². The number of hydrogen-bond donors (Lipinski definition) is 1. The maximum absolute atomic E-state index is 12.3. The Bertz CT molecular complexity index is 585. The number of carbonyl (C=O) groups excluding carboxylic acids is 1. The molecule has 0 unspecified atom stereocenters. The first kappa shape index (κ1) is 17.6. The van der Waals surface area contributed by atoms with Gasteiger partial charge in [0.2, 0.25) is 5.91 Å². The fraction of sp³-hybridized carbons (Fsp3) is 0.350. The van der Waals surface area contributed by atoms with Crippen molar-refractivity contribution in [2.45, 2.75) is 43.7 Å². The molecule has 0 saturated carbocycles. The topological polar surface area (TPSA) is 29.1 Å². The zero-order chi connectivity index (χ0) is 16.5. The monoisotopic (exact) mass is 327 g/mol. The van der Waals surface area contributed by atoms with Crippen LogP contribution in [0.1, 0.15) is 31.4 Å². The second kappa shape index (κ2) is 9.41. The number of thioether (sulfide) groups is 1. The Morgan fingerprint density at radius 3 is 2.13 bits per heavy atom. The van der Waals surface area contributed by atoms with Crippen LogP contribution in [0.2, 0.25) is 0 Å². The number of benzene rings is 2. The van der Waals surface area contributed by atoms with E-state index < -0.39 is 0 Å². The van der Waals surface area contributed by atoms with E-state index in [1.807, 2.05) is 31.2 Å². The lowest BCUT2D eigenvalue weighted by Crippen LogP contribution is -2.37. The molecular formula is C20H25NOS. The van der Waals surface area contributed by atoms with Crippen molar-refractivity contribution in [2.24, 2.45) is 0 Å². The van der Waals surface area contributed by atoms with Crippen molar-refractivity contribution in [3.63, 3.8) is 0 Å². The third-order valence-electron chi connectivity index (χ3n) is 3.81. The van der Waals surface area contributed by atoms with Gasteiger partial charge >= 0.3 is 0 Å². The lowest BCUT2D eigenvalue weighted by atomic mass is 10.1. The predicted molar refractivity (Wildman–Crippen MR) is 99.6 cm³/mol. The molecule has 0 fully saturated rings. The summed E-state index contributed by atoms with van der Waals surface area (Å²) in [7, 11) is 0. The highest BCUT2D eigenvalue weighted by Crippen LogP contribution is 2.18. The number of aryl methyl sites for hydroxylation is 1. The highest BCUT2D eigenvalue weighted by Gasteiger charge is 2.15. The molecule has 0 heterocycles. The van der Waals surface area contributed by atoms with Gasteiger partial charge in [-0.05, 0) is 37.8 Å². The summed E-state index contributed by atoms with van der Waals surface area (Å²) in [4.78, 5) is 12.3. The van der Waals surface area contributed by atoms with E-state index in [0.29, 0.717) is 0 Å². The lowest BCUT2D eigenvalue weighted by Gasteiger charge is -2.17. The summed E-state index contributed by atoms with van der Waals surface area (Å²) in [5, 5.41) is 3.09. The number of hydrogen-bond acceptors (Lipinski definition) is 2. The molecule has 2 atom stereocenters. The van der Waals surface area contributed by atoms with Gasteiger partial charge in [0.25, 0.3) is 0 Å². The molecule has 0 aromatic heterocycles. The van der Waals surface area contributed by atoms with Crippen LogP contribution in [0.25, 0.3) is 0 Å². The van der Waals surface area contributed by atoms with Gasteiger partial charge in [0, 0.05) is 11.8 Å². The molecule has 0 aliphatic rings. The molecule has 0 spiro atoms. The molecule has 2 aromatic rings. The second-order valence-electron chi connectivity index (χ2n) is 5.87. The first-order valence-corrected chi connectivity index (χ1v) is 9.20. The van der Waals surface area contributed by atoms with E-state index in [1.165, 1.54) is 11.1 Å². The van der Waals surface area contributed by atoms with Gasteiger partial charge in [-0.1, -0.05) is 60.7 Å². The van der Waals surface area contributed by atoms with E-state index in [0.717, 1.165) is 18.6 Å². The van der Waals surface area contributed by atoms with Gasteiger partial charge in [-0.25, -0.2) is 0 Å². The van der Waals surface area contributed by atoms with Crippen LogP contribution in [0.3, 0.4) is 0 Å². The van der Waals surface area contributed by atoms with Gasteiger partial charge in [0.15, 0.2) is 0 Å². The summed E-state index contributed by atoms with van der Waals surface area (Å²) in [5.74, 6) is 1.000. The maximum atomic E-state index is 12.3. The Kier molecular flexibility index (Phi) is 7.21. The summed E-state index contributed by atoms with van der Waals surface area (Å²) in [5.41, 5.74) is 2.58. The fourth-order valence-electron chi connectivity index (χ4n) is 2.33. The standard InChI is InChI=1S/C20H25NOS/c1-16(13-14-18-9-5-3-6-10-18)21-20(22)17(2)23-15-19-11-7-4-8-12-19/h3-12,16-17H,13-15H2,1-2H3,(H,21,22)/t16-,17+/m0/s1. The first-order valence-electron chi connectivity index (χ1n) is 8.15. The largest absolute Gasteiger partial charge is 0.353 e. The third-order valence-corrected chi connectivity index (χ3v) is 5.02. The van der Waals surface area contributed by atoms with Gasteiger partial charge in [-0.15, -0.1) is 11.8 Å². The van der Waals surface area contributed by atoms with Crippen molar-refractivity contribution in [3.8, 4) is 0 Å². The molecule has 122 valence electrons. The Balaban J connectivity index is 1.70. The van der Waals surface area contributed by atoms with Crippen LogP contribution < -0.4 is 5.32 Å². The van der Waals surface area contributed by atoms with Crippen LogP contribution in [-0.2, 0) is 17.0 Å². The Morgan fingerprint density at radius 1 is 0.957 bits per heavy atom. The quantitative estimate of drug-likeness (QED) is 0.776. The van der Waals surface area contributed by atoms with Gasteiger partial charge in [-0.3, -0.25) is 4.79 Å². The second-order valence-corrected chi connectivity index (χ2v) is 7.20. The molecule has 0 aliphatic heterocycles. The van der Waals surface area contributed by atoms with Crippen molar-refractivity contribution in [1.29, 1.82) is 0 Å². The van der Waals surface area contributed by atoms with E-state index in [-0.39, 0.29) is 17.2 Å². The zero-order valence-corrected chi connectivity index (χ0v) is 14.7. The summed E-state index contributed by atoms with van der Waals surface area (Å²) in [6.07, 6.45) is 1.96. The molecule has 2 aromatic carbocycles. The van der Waals surface area contributed by atoms with Crippen LogP contribution in [0.15, 0.2) is 60.7 Å². The normalized spacial score (nSPS) is 13.3. The van der Waals surface area contributed by atoms with E-state index in [4.69, 9.17) is 0 Å². The molecule has 0 bridgehead atoms. The molecular weight excluding hydrogens is 302 g/mol. The average molecular weight is 327 g/mol. The van der Waals surface area contributed by atoms with Crippen LogP contribution in [-0.4, -0.2) is 17.2 Å². The molecule has 1 N–H and O–H groups in total. The smallest absolute Gasteiger partial charge is 0.233 e. The molecule has 2 rings (SSSR count). The third kappa shape index (κ3) is 6.49. The van der Waals surface area contributed by atoms with Gasteiger partial charge in [0.1, 0.15) is 0 Å². The predicted octanol–water partition coefficient (Wildman–Crippen LogP) is 4.45.